The largest absolute Gasteiger partial charge is 0.395 e. The van der Waals surface area contributed by atoms with Gasteiger partial charge in [0.15, 0.2) is 0 Å². The molecule has 2 N–H and O–H groups in total. The Morgan fingerprint density at radius 3 is 2.55 bits per heavy atom. The molecule has 20 heavy (non-hydrogen) atoms. The zero-order chi connectivity index (χ0) is 14.5. The van der Waals surface area contributed by atoms with Gasteiger partial charge in [0.1, 0.15) is 0 Å². The molecule has 3 unspecified atom stereocenters. The number of nitrogens with zero attached hydrogens (tertiary/aromatic N) is 1. The fourth-order valence-corrected chi connectivity index (χ4v) is 3.18. The normalized spacial score (nSPS) is 25.9. The van der Waals surface area contributed by atoms with E-state index in [4.69, 9.17) is 0 Å². The van der Waals surface area contributed by atoms with Crippen LogP contribution >= 0.6 is 0 Å². The summed E-state index contributed by atoms with van der Waals surface area (Å²) in [5, 5.41) is 13.2. The fourth-order valence-electron chi connectivity index (χ4n) is 3.18. The predicted octanol–water partition coefficient (Wildman–Crippen LogP) is 2.43. The van der Waals surface area contributed by atoms with Gasteiger partial charge in [0.2, 0.25) is 0 Å². The molecule has 0 radical (unpaired) electrons. The van der Waals surface area contributed by atoms with E-state index < -0.39 is 0 Å². The van der Waals surface area contributed by atoms with Crippen molar-refractivity contribution >= 4 is 0 Å². The summed E-state index contributed by atoms with van der Waals surface area (Å²) in [6, 6.07) is 11.7. The van der Waals surface area contributed by atoms with Crippen molar-refractivity contribution in [2.24, 2.45) is 5.92 Å². The smallest absolute Gasteiger partial charge is 0.0599 e. The first-order valence-electron chi connectivity index (χ1n) is 7.76. The molecular weight excluding hydrogens is 248 g/mol. The second-order valence-corrected chi connectivity index (χ2v) is 6.35. The lowest BCUT2D eigenvalue weighted by atomic mass is 9.97. The summed E-state index contributed by atoms with van der Waals surface area (Å²) in [6.07, 6.45) is 1.19. The first-order chi connectivity index (χ1) is 9.61. The number of hydrogen-bond acceptors (Lipinski definition) is 3. The van der Waals surface area contributed by atoms with Crippen LogP contribution in [0.5, 0.6) is 0 Å². The maximum Gasteiger partial charge on any atom is 0.0599 e. The molecule has 0 amide bonds. The maximum absolute atomic E-state index is 9.64. The number of aliphatic hydroxyl groups excluding tert-OH is 1. The van der Waals surface area contributed by atoms with Gasteiger partial charge >= 0.3 is 0 Å². The van der Waals surface area contributed by atoms with Crippen molar-refractivity contribution in [2.45, 2.75) is 45.3 Å². The molecule has 0 bridgehead atoms. The molecule has 1 aliphatic heterocycles. The zero-order valence-corrected chi connectivity index (χ0v) is 12.9. The Labute approximate surface area is 123 Å². The fraction of sp³-hybridized carbons (Fsp3) is 0.647. The third-order valence-corrected chi connectivity index (χ3v) is 4.29. The molecule has 1 aromatic rings. The molecule has 0 spiro atoms. The Hall–Kier alpha value is -0.900. The van der Waals surface area contributed by atoms with E-state index in [0.717, 1.165) is 13.1 Å². The minimum atomic E-state index is 0.216. The molecule has 2 rings (SSSR count). The summed E-state index contributed by atoms with van der Waals surface area (Å²) < 4.78 is 0. The van der Waals surface area contributed by atoms with Gasteiger partial charge in [-0.1, -0.05) is 44.2 Å². The Morgan fingerprint density at radius 1 is 1.25 bits per heavy atom. The molecule has 1 aromatic carbocycles. The maximum atomic E-state index is 9.64. The molecule has 3 heteroatoms. The van der Waals surface area contributed by atoms with Crippen LogP contribution in [0.1, 0.15) is 38.8 Å². The van der Waals surface area contributed by atoms with Gasteiger partial charge in [0, 0.05) is 31.2 Å². The van der Waals surface area contributed by atoms with Crippen molar-refractivity contribution in [3.63, 3.8) is 0 Å². The topological polar surface area (TPSA) is 35.5 Å². The van der Waals surface area contributed by atoms with E-state index in [0.29, 0.717) is 18.0 Å². The van der Waals surface area contributed by atoms with Gasteiger partial charge in [-0.05, 0) is 24.8 Å². The van der Waals surface area contributed by atoms with Gasteiger partial charge in [0.25, 0.3) is 0 Å². The number of hydrogen-bond donors (Lipinski definition) is 2. The monoisotopic (exact) mass is 276 g/mol. The highest BCUT2D eigenvalue weighted by Gasteiger charge is 2.31. The van der Waals surface area contributed by atoms with Gasteiger partial charge < -0.3 is 10.4 Å². The standard InChI is InChI=1S/C17H28N2O/c1-13(2)9-16-11-19(17(12-20)10-18-16)14(3)15-7-5-4-6-8-15/h4-8,13-14,16-18,20H,9-12H2,1-3H3. The van der Waals surface area contributed by atoms with Crippen molar-refractivity contribution in [1.29, 1.82) is 0 Å². The molecular formula is C17H28N2O. The van der Waals surface area contributed by atoms with E-state index >= 15 is 0 Å². The van der Waals surface area contributed by atoms with E-state index in [-0.39, 0.29) is 12.6 Å². The van der Waals surface area contributed by atoms with Crippen LogP contribution < -0.4 is 5.32 Å². The van der Waals surface area contributed by atoms with Gasteiger partial charge in [-0.15, -0.1) is 0 Å². The van der Waals surface area contributed by atoms with Crippen LogP contribution in [-0.4, -0.2) is 41.8 Å². The Kier molecular flexibility index (Phi) is 5.58. The number of rotatable bonds is 5. The van der Waals surface area contributed by atoms with Crippen LogP contribution in [0.3, 0.4) is 0 Å². The van der Waals surface area contributed by atoms with Gasteiger partial charge in [0.05, 0.1) is 6.61 Å². The SMILES string of the molecule is CC(C)CC1CN(C(C)c2ccccc2)C(CO)CN1. The quantitative estimate of drug-likeness (QED) is 0.867. The van der Waals surface area contributed by atoms with Crippen molar-refractivity contribution in [1.82, 2.24) is 10.2 Å². The summed E-state index contributed by atoms with van der Waals surface area (Å²) >= 11 is 0. The molecule has 3 nitrogen and oxygen atoms in total. The van der Waals surface area contributed by atoms with Crippen molar-refractivity contribution < 1.29 is 5.11 Å². The average molecular weight is 276 g/mol. The highest BCUT2D eigenvalue weighted by molar-refractivity contribution is 5.19. The van der Waals surface area contributed by atoms with Crippen LogP contribution in [0.4, 0.5) is 0 Å². The Balaban J connectivity index is 2.08. The molecule has 3 atom stereocenters. The minimum absolute atomic E-state index is 0.216. The van der Waals surface area contributed by atoms with E-state index in [1.54, 1.807) is 0 Å². The molecule has 1 aliphatic rings. The lowest BCUT2D eigenvalue weighted by molar-refractivity contribution is 0.0462. The Bertz CT molecular complexity index is 393. The third kappa shape index (κ3) is 3.81. The first-order valence-corrected chi connectivity index (χ1v) is 7.76. The minimum Gasteiger partial charge on any atom is -0.395 e. The highest BCUT2D eigenvalue weighted by Crippen LogP contribution is 2.25. The second-order valence-electron chi connectivity index (χ2n) is 6.35. The second kappa shape index (κ2) is 7.21. The van der Waals surface area contributed by atoms with Gasteiger partial charge in [-0.3, -0.25) is 4.90 Å². The van der Waals surface area contributed by atoms with Crippen LogP contribution in [-0.2, 0) is 0 Å². The summed E-state index contributed by atoms with van der Waals surface area (Å²) in [6.45, 7) is 8.90. The first kappa shape index (κ1) is 15.5. The van der Waals surface area contributed by atoms with Crippen molar-refractivity contribution in [3.05, 3.63) is 35.9 Å². The molecule has 1 fully saturated rings. The van der Waals surface area contributed by atoms with Crippen LogP contribution in [0.2, 0.25) is 0 Å². The van der Waals surface area contributed by atoms with Gasteiger partial charge in [-0.25, -0.2) is 0 Å². The zero-order valence-electron chi connectivity index (χ0n) is 12.9. The lowest BCUT2D eigenvalue weighted by Gasteiger charge is -2.43. The van der Waals surface area contributed by atoms with E-state index in [2.05, 4.69) is 61.3 Å². The lowest BCUT2D eigenvalue weighted by Crippen LogP contribution is -2.58. The molecule has 1 saturated heterocycles. The molecule has 0 aromatic heterocycles. The highest BCUT2D eigenvalue weighted by atomic mass is 16.3. The van der Waals surface area contributed by atoms with Crippen LogP contribution in [0, 0.1) is 5.92 Å². The van der Waals surface area contributed by atoms with E-state index in [9.17, 15) is 5.11 Å². The van der Waals surface area contributed by atoms with E-state index in [1.165, 1.54) is 12.0 Å². The van der Waals surface area contributed by atoms with E-state index in [1.807, 2.05) is 0 Å². The average Bonchev–Trinajstić information content (AvgIpc) is 2.46. The summed E-state index contributed by atoms with van der Waals surface area (Å²) in [7, 11) is 0. The van der Waals surface area contributed by atoms with Gasteiger partial charge in [-0.2, -0.15) is 0 Å². The predicted molar refractivity (Wildman–Crippen MR) is 83.7 cm³/mol. The summed E-state index contributed by atoms with van der Waals surface area (Å²) in [5.74, 6) is 0.701. The molecule has 0 aliphatic carbocycles. The summed E-state index contributed by atoms with van der Waals surface area (Å²) in [4.78, 5) is 2.46. The van der Waals surface area contributed by atoms with Crippen LogP contribution in [0.25, 0.3) is 0 Å². The summed E-state index contributed by atoms with van der Waals surface area (Å²) in [5.41, 5.74) is 1.33. The molecule has 112 valence electrons. The molecule has 1 heterocycles. The molecule has 0 saturated carbocycles. The van der Waals surface area contributed by atoms with Crippen LogP contribution in [0.15, 0.2) is 30.3 Å². The Morgan fingerprint density at radius 2 is 1.95 bits per heavy atom. The number of piperazine rings is 1. The number of benzene rings is 1. The van der Waals surface area contributed by atoms with Crippen molar-refractivity contribution in [3.8, 4) is 0 Å². The third-order valence-electron chi connectivity index (χ3n) is 4.29. The van der Waals surface area contributed by atoms with Crippen molar-refractivity contribution in [2.75, 3.05) is 19.7 Å². The number of aliphatic hydroxyl groups is 1. The number of nitrogens with one attached hydrogen (secondary N) is 1.